The van der Waals surface area contributed by atoms with Crippen molar-refractivity contribution in [3.63, 3.8) is 0 Å². The highest BCUT2D eigenvalue weighted by Gasteiger charge is 2.78. The van der Waals surface area contributed by atoms with Gasteiger partial charge in [0.2, 0.25) is 10.0 Å². The van der Waals surface area contributed by atoms with Gasteiger partial charge in [0.05, 0.1) is 18.1 Å². The summed E-state index contributed by atoms with van der Waals surface area (Å²) in [7, 11) is -3.53. The van der Waals surface area contributed by atoms with Gasteiger partial charge in [0.15, 0.2) is 0 Å². The Labute approximate surface area is 103 Å². The molecule has 18 heavy (non-hydrogen) atoms. The number of carboxylic acids is 2. The Morgan fingerprint density at radius 2 is 1.89 bits per heavy atom. The molecule has 0 aromatic carbocycles. The molecule has 5 unspecified atom stereocenters. The van der Waals surface area contributed by atoms with E-state index in [2.05, 4.69) is 4.72 Å². The number of nitrogens with two attached hydrogens (primary N) is 1. The van der Waals surface area contributed by atoms with E-state index in [1.165, 1.54) is 0 Å². The van der Waals surface area contributed by atoms with E-state index < -0.39 is 51.3 Å². The molecule has 0 aromatic rings. The molecule has 8 nitrogen and oxygen atoms in total. The maximum atomic E-state index is 11.2. The van der Waals surface area contributed by atoms with E-state index in [1.807, 2.05) is 0 Å². The van der Waals surface area contributed by atoms with Crippen molar-refractivity contribution in [2.24, 2.45) is 23.5 Å². The SMILES string of the molecule is CS(=O)(=O)NC1CC(C(=O)O)C2(N)C(C(=O)O)C12. The second-order valence-electron chi connectivity index (χ2n) is 4.96. The minimum Gasteiger partial charge on any atom is -0.481 e. The van der Waals surface area contributed by atoms with Crippen LogP contribution in [-0.4, -0.2) is 48.4 Å². The summed E-state index contributed by atoms with van der Waals surface area (Å²) in [5.41, 5.74) is 4.51. The Balaban J connectivity index is 2.28. The second kappa shape index (κ2) is 3.65. The smallest absolute Gasteiger partial charge is 0.308 e. The fourth-order valence-electron chi connectivity index (χ4n) is 3.17. The van der Waals surface area contributed by atoms with Gasteiger partial charge in [-0.3, -0.25) is 9.59 Å². The molecule has 0 spiro atoms. The monoisotopic (exact) mass is 278 g/mol. The van der Waals surface area contributed by atoms with Gasteiger partial charge in [-0.25, -0.2) is 13.1 Å². The molecule has 0 aromatic heterocycles. The zero-order chi connectivity index (χ0) is 13.9. The molecular weight excluding hydrogens is 264 g/mol. The number of fused-ring (bicyclic) bond motifs is 1. The normalized spacial score (nSPS) is 42.3. The molecule has 9 heteroatoms. The van der Waals surface area contributed by atoms with Crippen LogP contribution in [0.4, 0.5) is 0 Å². The Bertz CT molecular complexity index is 517. The van der Waals surface area contributed by atoms with Gasteiger partial charge in [0.1, 0.15) is 0 Å². The molecule has 5 N–H and O–H groups in total. The van der Waals surface area contributed by atoms with Crippen LogP contribution in [0, 0.1) is 17.8 Å². The molecule has 0 amide bonds. The number of aliphatic carboxylic acids is 2. The summed E-state index contributed by atoms with van der Waals surface area (Å²) in [6.07, 6.45) is 0.963. The standard InChI is InChI=1S/C9H14N2O6S/c1-18(16,17)11-4-2-3(7(12)13)9(10)5(4)6(9)8(14)15/h3-6,11H,2,10H2,1H3,(H,12,13)(H,14,15). The van der Waals surface area contributed by atoms with Crippen LogP contribution in [0.2, 0.25) is 0 Å². The molecule has 2 aliphatic carbocycles. The molecule has 0 heterocycles. The van der Waals surface area contributed by atoms with Crippen molar-refractivity contribution in [3.05, 3.63) is 0 Å². The van der Waals surface area contributed by atoms with E-state index in [0.717, 1.165) is 6.26 Å². The predicted molar refractivity (Wildman–Crippen MR) is 59.0 cm³/mol. The first-order chi connectivity index (χ1) is 8.09. The lowest BCUT2D eigenvalue weighted by atomic mass is 9.94. The molecule has 2 saturated carbocycles. The molecule has 2 fully saturated rings. The number of rotatable bonds is 4. The molecule has 2 aliphatic rings. The molecule has 102 valence electrons. The summed E-state index contributed by atoms with van der Waals surface area (Å²) in [4.78, 5) is 22.1. The van der Waals surface area contributed by atoms with Crippen LogP contribution in [0.5, 0.6) is 0 Å². The molecule has 2 rings (SSSR count). The first-order valence-electron chi connectivity index (χ1n) is 5.31. The first-order valence-corrected chi connectivity index (χ1v) is 7.20. The predicted octanol–water partition coefficient (Wildman–Crippen LogP) is -1.96. The van der Waals surface area contributed by atoms with Crippen molar-refractivity contribution < 1.29 is 28.2 Å². The fraction of sp³-hybridized carbons (Fsp3) is 0.778. The van der Waals surface area contributed by atoms with Crippen molar-refractivity contribution in [3.8, 4) is 0 Å². The number of hydrogen-bond acceptors (Lipinski definition) is 5. The van der Waals surface area contributed by atoms with Gasteiger partial charge in [-0.1, -0.05) is 0 Å². The molecule has 0 radical (unpaired) electrons. The lowest BCUT2D eigenvalue weighted by molar-refractivity contribution is -0.144. The summed E-state index contributed by atoms with van der Waals surface area (Å²) < 4.78 is 24.6. The fourth-order valence-corrected chi connectivity index (χ4v) is 3.96. The maximum Gasteiger partial charge on any atom is 0.308 e. The van der Waals surface area contributed by atoms with E-state index in [9.17, 15) is 18.0 Å². The number of sulfonamides is 1. The van der Waals surface area contributed by atoms with Gasteiger partial charge in [0, 0.05) is 17.5 Å². The van der Waals surface area contributed by atoms with Crippen molar-refractivity contribution in [2.45, 2.75) is 18.0 Å². The Morgan fingerprint density at radius 3 is 2.28 bits per heavy atom. The summed E-state index contributed by atoms with van der Waals surface area (Å²) in [5.74, 6) is -5.09. The van der Waals surface area contributed by atoms with E-state index in [4.69, 9.17) is 15.9 Å². The average molecular weight is 278 g/mol. The Hall–Kier alpha value is -1.19. The van der Waals surface area contributed by atoms with Crippen LogP contribution in [0.1, 0.15) is 6.42 Å². The van der Waals surface area contributed by atoms with Crippen LogP contribution < -0.4 is 10.5 Å². The van der Waals surface area contributed by atoms with Crippen LogP contribution in [0.25, 0.3) is 0 Å². The Morgan fingerprint density at radius 1 is 1.33 bits per heavy atom. The molecule has 0 saturated heterocycles. The van der Waals surface area contributed by atoms with Crippen molar-refractivity contribution in [1.82, 2.24) is 4.72 Å². The topological polar surface area (TPSA) is 147 Å². The number of hydrogen-bond donors (Lipinski definition) is 4. The summed E-state index contributed by atoms with van der Waals surface area (Å²) in [5, 5.41) is 18.0. The third kappa shape index (κ3) is 1.78. The quantitative estimate of drug-likeness (QED) is 0.466. The highest BCUT2D eigenvalue weighted by Crippen LogP contribution is 2.62. The summed E-state index contributed by atoms with van der Waals surface area (Å²) in [6, 6.07) is -0.729. The lowest BCUT2D eigenvalue weighted by Gasteiger charge is -2.18. The number of nitrogens with one attached hydrogen (secondary N) is 1. The minimum atomic E-state index is -3.53. The van der Waals surface area contributed by atoms with Crippen molar-refractivity contribution in [1.29, 1.82) is 0 Å². The van der Waals surface area contributed by atoms with E-state index in [-0.39, 0.29) is 6.42 Å². The maximum absolute atomic E-state index is 11.2. The van der Waals surface area contributed by atoms with Gasteiger partial charge in [-0.15, -0.1) is 0 Å². The van der Waals surface area contributed by atoms with E-state index in [0.29, 0.717) is 0 Å². The zero-order valence-electron chi connectivity index (χ0n) is 9.53. The average Bonchev–Trinajstić information content (AvgIpc) is 2.68. The largest absolute Gasteiger partial charge is 0.481 e. The minimum absolute atomic E-state index is 0.0212. The highest BCUT2D eigenvalue weighted by molar-refractivity contribution is 7.88. The van der Waals surface area contributed by atoms with Crippen LogP contribution >= 0.6 is 0 Å². The van der Waals surface area contributed by atoms with Crippen molar-refractivity contribution in [2.75, 3.05) is 6.26 Å². The van der Waals surface area contributed by atoms with Gasteiger partial charge in [-0.05, 0) is 6.42 Å². The van der Waals surface area contributed by atoms with Gasteiger partial charge < -0.3 is 15.9 Å². The third-order valence-corrected chi connectivity index (χ3v) is 4.55. The molecular formula is C9H14N2O6S. The van der Waals surface area contributed by atoms with E-state index in [1.54, 1.807) is 0 Å². The molecule has 0 aliphatic heterocycles. The molecule has 5 atom stereocenters. The second-order valence-corrected chi connectivity index (χ2v) is 6.74. The van der Waals surface area contributed by atoms with Crippen LogP contribution in [-0.2, 0) is 19.6 Å². The first kappa shape index (κ1) is 13.2. The number of carboxylic acid groups (broad SMARTS) is 2. The van der Waals surface area contributed by atoms with Crippen LogP contribution in [0.15, 0.2) is 0 Å². The summed E-state index contributed by atoms with van der Waals surface area (Å²) >= 11 is 0. The van der Waals surface area contributed by atoms with Crippen molar-refractivity contribution >= 4 is 22.0 Å². The lowest BCUT2D eigenvalue weighted by Crippen LogP contribution is -2.40. The molecule has 0 bridgehead atoms. The van der Waals surface area contributed by atoms with Gasteiger partial charge >= 0.3 is 11.9 Å². The summed E-state index contributed by atoms with van der Waals surface area (Å²) in [6.45, 7) is 0. The zero-order valence-corrected chi connectivity index (χ0v) is 10.3. The Kier molecular flexibility index (Phi) is 2.69. The van der Waals surface area contributed by atoms with Crippen LogP contribution in [0.3, 0.4) is 0 Å². The van der Waals surface area contributed by atoms with Gasteiger partial charge in [-0.2, -0.15) is 0 Å². The number of carbonyl (C=O) groups is 2. The third-order valence-electron chi connectivity index (χ3n) is 3.82. The van der Waals surface area contributed by atoms with E-state index >= 15 is 0 Å². The van der Waals surface area contributed by atoms with Gasteiger partial charge in [0.25, 0.3) is 0 Å². The highest BCUT2D eigenvalue weighted by atomic mass is 32.2.